The lowest BCUT2D eigenvalue weighted by molar-refractivity contribution is -0.139. The third-order valence-electron chi connectivity index (χ3n) is 5.24. The molecule has 35 heavy (non-hydrogen) atoms. The number of aromatic nitrogens is 1. The van der Waals surface area contributed by atoms with Gasteiger partial charge in [0.2, 0.25) is 5.89 Å². The Morgan fingerprint density at radius 2 is 1.57 bits per heavy atom. The summed E-state index contributed by atoms with van der Waals surface area (Å²) in [6.45, 7) is 2.30. The predicted octanol–water partition coefficient (Wildman–Crippen LogP) is 7.70. The maximum Gasteiger partial charge on any atom is 0.341 e. The molecule has 4 rings (SSSR count). The Labute approximate surface area is 214 Å². The standard InChI is InChI=1S/C25H16Br2F3NO4/c1-11-19(28)9-16(22(30)21(11)29)25-31-23(12(2)35-25)14-5-3-13(4-6-14)15-7-17(26)24(18(27)8-15)34-10-20(32)33/h3-9H,10H2,1-2H3,(H,32,33). The molecule has 0 atom stereocenters. The third-order valence-corrected chi connectivity index (χ3v) is 6.42. The van der Waals surface area contributed by atoms with Crippen LogP contribution >= 0.6 is 31.9 Å². The van der Waals surface area contributed by atoms with Gasteiger partial charge in [-0.05, 0) is 75.0 Å². The summed E-state index contributed by atoms with van der Waals surface area (Å²) in [6.07, 6.45) is 0. The fraction of sp³-hybridized carbons (Fsp3) is 0.120. The molecule has 5 nitrogen and oxygen atoms in total. The van der Waals surface area contributed by atoms with Crippen molar-refractivity contribution in [3.8, 4) is 39.6 Å². The molecule has 180 valence electrons. The highest BCUT2D eigenvalue weighted by molar-refractivity contribution is 9.11. The van der Waals surface area contributed by atoms with Gasteiger partial charge in [0.1, 0.15) is 23.0 Å². The summed E-state index contributed by atoms with van der Waals surface area (Å²) in [4.78, 5) is 15.1. The average molecular weight is 611 g/mol. The van der Waals surface area contributed by atoms with E-state index in [1.165, 1.54) is 0 Å². The minimum atomic E-state index is -1.28. The number of oxazole rings is 1. The van der Waals surface area contributed by atoms with Gasteiger partial charge in [0.05, 0.1) is 14.5 Å². The fourth-order valence-electron chi connectivity index (χ4n) is 3.44. The zero-order valence-corrected chi connectivity index (χ0v) is 21.4. The van der Waals surface area contributed by atoms with E-state index in [1.54, 1.807) is 31.2 Å². The molecule has 0 spiro atoms. The average Bonchev–Trinajstić information content (AvgIpc) is 3.20. The Morgan fingerprint density at radius 3 is 2.17 bits per heavy atom. The summed E-state index contributed by atoms with van der Waals surface area (Å²) < 4.78 is 54.4. The lowest BCUT2D eigenvalue weighted by Gasteiger charge is -2.11. The summed E-state index contributed by atoms with van der Waals surface area (Å²) in [5, 5.41) is 8.82. The SMILES string of the molecule is Cc1oc(-c2cc(F)c(C)c(F)c2F)nc1-c1ccc(-c2cc(Br)c(OCC(=O)O)c(Br)c2)cc1. The van der Waals surface area contributed by atoms with E-state index in [0.717, 1.165) is 24.1 Å². The van der Waals surface area contributed by atoms with E-state index < -0.39 is 41.2 Å². The number of hydrogen-bond acceptors (Lipinski definition) is 4. The lowest BCUT2D eigenvalue weighted by Crippen LogP contribution is -2.10. The Balaban J connectivity index is 1.65. The van der Waals surface area contributed by atoms with E-state index in [2.05, 4.69) is 36.8 Å². The van der Waals surface area contributed by atoms with E-state index in [9.17, 15) is 18.0 Å². The quantitative estimate of drug-likeness (QED) is 0.227. The van der Waals surface area contributed by atoms with E-state index in [1.807, 2.05) is 12.1 Å². The van der Waals surface area contributed by atoms with Gasteiger partial charge in [0.25, 0.3) is 0 Å². The molecule has 0 aliphatic carbocycles. The molecule has 10 heteroatoms. The van der Waals surface area contributed by atoms with Gasteiger partial charge < -0.3 is 14.3 Å². The number of hydrogen-bond donors (Lipinski definition) is 1. The predicted molar refractivity (Wildman–Crippen MR) is 131 cm³/mol. The van der Waals surface area contributed by atoms with Crippen molar-refractivity contribution in [2.24, 2.45) is 0 Å². The van der Waals surface area contributed by atoms with Crippen molar-refractivity contribution in [3.05, 3.63) is 80.2 Å². The molecule has 0 unspecified atom stereocenters. The second-order valence-corrected chi connectivity index (χ2v) is 9.32. The van der Waals surface area contributed by atoms with Gasteiger partial charge in [-0.25, -0.2) is 22.9 Å². The van der Waals surface area contributed by atoms with Crippen molar-refractivity contribution in [1.82, 2.24) is 4.98 Å². The third kappa shape index (κ3) is 4.99. The van der Waals surface area contributed by atoms with Crippen molar-refractivity contribution < 1.29 is 32.2 Å². The highest BCUT2D eigenvalue weighted by atomic mass is 79.9. The first-order valence-electron chi connectivity index (χ1n) is 10.1. The molecule has 1 N–H and O–H groups in total. The molecule has 0 radical (unpaired) electrons. The van der Waals surface area contributed by atoms with Crippen LogP contribution < -0.4 is 4.74 Å². The smallest absolute Gasteiger partial charge is 0.341 e. The maximum absolute atomic E-state index is 14.4. The van der Waals surface area contributed by atoms with E-state index in [0.29, 0.717) is 31.7 Å². The molecule has 0 saturated carbocycles. The van der Waals surface area contributed by atoms with Crippen LogP contribution in [0.25, 0.3) is 33.8 Å². The zero-order chi connectivity index (χ0) is 25.4. The second-order valence-electron chi connectivity index (χ2n) is 7.61. The second kappa shape index (κ2) is 9.87. The summed E-state index contributed by atoms with van der Waals surface area (Å²) in [7, 11) is 0. The van der Waals surface area contributed by atoms with Crippen molar-refractivity contribution in [1.29, 1.82) is 0 Å². The van der Waals surface area contributed by atoms with Gasteiger partial charge in [-0.15, -0.1) is 0 Å². The number of aliphatic carboxylic acids is 1. The van der Waals surface area contributed by atoms with Crippen LogP contribution in [-0.4, -0.2) is 22.7 Å². The Morgan fingerprint density at radius 1 is 0.971 bits per heavy atom. The van der Waals surface area contributed by atoms with E-state index >= 15 is 0 Å². The van der Waals surface area contributed by atoms with Crippen LogP contribution in [0.15, 0.2) is 55.8 Å². The first-order chi connectivity index (χ1) is 16.6. The number of aryl methyl sites for hydroxylation is 1. The lowest BCUT2D eigenvalue weighted by atomic mass is 10.0. The van der Waals surface area contributed by atoms with E-state index in [-0.39, 0.29) is 5.89 Å². The number of ether oxygens (including phenoxy) is 1. The molecule has 1 heterocycles. The molecule has 1 aromatic heterocycles. The van der Waals surface area contributed by atoms with Crippen LogP contribution in [0.1, 0.15) is 11.3 Å². The van der Waals surface area contributed by atoms with Gasteiger partial charge in [0, 0.05) is 11.1 Å². The van der Waals surface area contributed by atoms with Gasteiger partial charge >= 0.3 is 5.97 Å². The summed E-state index contributed by atoms with van der Waals surface area (Å²) in [6, 6.07) is 11.7. The first-order valence-corrected chi connectivity index (χ1v) is 11.7. The van der Waals surface area contributed by atoms with E-state index in [4.69, 9.17) is 14.3 Å². The highest BCUT2D eigenvalue weighted by Crippen LogP contribution is 2.39. The molecule has 0 aliphatic rings. The molecule has 0 fully saturated rings. The number of carboxylic acid groups (broad SMARTS) is 1. The Hall–Kier alpha value is -3.11. The number of nitrogens with zero attached hydrogens (tertiary/aromatic N) is 1. The Kier molecular flexibility index (Phi) is 7.05. The molecule has 0 saturated heterocycles. The van der Waals surface area contributed by atoms with Crippen molar-refractivity contribution in [3.63, 3.8) is 0 Å². The molecule has 0 aliphatic heterocycles. The molecule has 4 aromatic rings. The van der Waals surface area contributed by atoms with Crippen molar-refractivity contribution in [2.45, 2.75) is 13.8 Å². The number of rotatable bonds is 6. The molecule has 0 bridgehead atoms. The monoisotopic (exact) mass is 609 g/mol. The van der Waals surface area contributed by atoms with Crippen LogP contribution in [0.5, 0.6) is 5.75 Å². The molecular formula is C25H16Br2F3NO4. The van der Waals surface area contributed by atoms with Crippen LogP contribution in [0.2, 0.25) is 0 Å². The van der Waals surface area contributed by atoms with Crippen molar-refractivity contribution in [2.75, 3.05) is 6.61 Å². The van der Waals surface area contributed by atoms with Crippen LogP contribution in [-0.2, 0) is 4.79 Å². The minimum Gasteiger partial charge on any atom is -0.480 e. The van der Waals surface area contributed by atoms with Gasteiger partial charge in [-0.1, -0.05) is 24.3 Å². The van der Waals surface area contributed by atoms with Gasteiger partial charge in [0.15, 0.2) is 18.2 Å². The van der Waals surface area contributed by atoms with Crippen LogP contribution in [0.3, 0.4) is 0 Å². The van der Waals surface area contributed by atoms with Crippen LogP contribution in [0.4, 0.5) is 13.2 Å². The largest absolute Gasteiger partial charge is 0.480 e. The number of carboxylic acids is 1. The molecular weight excluding hydrogens is 595 g/mol. The van der Waals surface area contributed by atoms with Gasteiger partial charge in [-0.2, -0.15) is 0 Å². The highest BCUT2D eigenvalue weighted by Gasteiger charge is 2.22. The Bertz CT molecular complexity index is 1430. The zero-order valence-electron chi connectivity index (χ0n) is 18.3. The normalized spacial score (nSPS) is 11.1. The summed E-state index contributed by atoms with van der Waals surface area (Å²) >= 11 is 6.79. The summed E-state index contributed by atoms with van der Waals surface area (Å²) in [5.74, 6) is -3.97. The minimum absolute atomic E-state index is 0.221. The molecule has 3 aromatic carbocycles. The fourth-order valence-corrected chi connectivity index (χ4v) is 4.86. The number of carbonyl (C=O) groups is 1. The first kappa shape index (κ1) is 25.0. The topological polar surface area (TPSA) is 72.6 Å². The number of halogens is 5. The van der Waals surface area contributed by atoms with Crippen molar-refractivity contribution >= 4 is 37.8 Å². The maximum atomic E-state index is 14.4. The number of benzene rings is 3. The summed E-state index contributed by atoms with van der Waals surface area (Å²) in [5.41, 5.74) is 1.93. The molecule has 0 amide bonds. The van der Waals surface area contributed by atoms with Gasteiger partial charge in [-0.3, -0.25) is 0 Å². The van der Waals surface area contributed by atoms with Crippen LogP contribution in [0, 0.1) is 31.3 Å².